The molecule has 1 aliphatic rings. The van der Waals surface area contributed by atoms with Crippen LogP contribution in [0.2, 0.25) is 0 Å². The molecule has 1 saturated heterocycles. The average Bonchev–Trinajstić information content (AvgIpc) is 2.97. The molecule has 5 nitrogen and oxygen atoms in total. The maximum atomic E-state index is 9.57. The van der Waals surface area contributed by atoms with Crippen LogP contribution in [0, 0.1) is 0 Å². The Bertz CT molecular complexity index is 426. The van der Waals surface area contributed by atoms with E-state index in [1.165, 1.54) is 0 Å². The molecule has 118 valence electrons. The summed E-state index contributed by atoms with van der Waals surface area (Å²) < 4.78 is 5.30. The molecule has 1 aromatic heterocycles. The molecule has 0 bridgehead atoms. The summed E-state index contributed by atoms with van der Waals surface area (Å²) in [4.78, 5) is 6.82. The van der Waals surface area contributed by atoms with E-state index in [2.05, 4.69) is 21.8 Å². The number of halogens is 1. The molecule has 2 N–H and O–H groups in total. The van der Waals surface area contributed by atoms with Crippen molar-refractivity contribution in [3.05, 3.63) is 36.8 Å². The fourth-order valence-corrected chi connectivity index (χ4v) is 2.24. The number of nitrogens with one attached hydrogen (secondary N) is 1. The van der Waals surface area contributed by atoms with Gasteiger partial charge >= 0.3 is 0 Å². The Morgan fingerprint density at radius 2 is 2.29 bits per heavy atom. The molecule has 21 heavy (non-hydrogen) atoms. The van der Waals surface area contributed by atoms with Crippen molar-refractivity contribution in [3.8, 4) is 0 Å². The lowest BCUT2D eigenvalue weighted by Crippen LogP contribution is -2.46. The van der Waals surface area contributed by atoms with E-state index in [-0.39, 0.29) is 30.1 Å². The molecular weight excluding hydrogens is 381 g/mol. The van der Waals surface area contributed by atoms with Crippen LogP contribution in [0.1, 0.15) is 18.6 Å². The zero-order valence-corrected chi connectivity index (χ0v) is 14.5. The summed E-state index contributed by atoms with van der Waals surface area (Å²) in [5.41, 5.74) is 0. The third-order valence-electron chi connectivity index (χ3n) is 3.37. The average molecular weight is 405 g/mol. The van der Waals surface area contributed by atoms with Crippen molar-refractivity contribution in [2.24, 2.45) is 4.99 Å². The minimum atomic E-state index is -0.171. The van der Waals surface area contributed by atoms with Crippen LogP contribution in [-0.4, -0.2) is 48.2 Å². The zero-order chi connectivity index (χ0) is 14.2. The molecule has 2 heterocycles. The van der Waals surface area contributed by atoms with Gasteiger partial charge in [-0.25, -0.2) is 0 Å². The second-order valence-electron chi connectivity index (χ2n) is 4.92. The van der Waals surface area contributed by atoms with E-state index in [1.807, 2.05) is 18.2 Å². The van der Waals surface area contributed by atoms with E-state index in [0.29, 0.717) is 13.1 Å². The van der Waals surface area contributed by atoms with Gasteiger partial charge in [0.25, 0.3) is 0 Å². The molecular formula is C15H24IN3O2. The smallest absolute Gasteiger partial charge is 0.194 e. The molecule has 0 saturated carbocycles. The second-order valence-corrected chi connectivity index (χ2v) is 4.92. The van der Waals surface area contributed by atoms with E-state index in [9.17, 15) is 5.11 Å². The Balaban J connectivity index is 0.00000220. The second kappa shape index (κ2) is 9.83. The summed E-state index contributed by atoms with van der Waals surface area (Å²) in [7, 11) is 0. The van der Waals surface area contributed by atoms with Gasteiger partial charge in [0.2, 0.25) is 0 Å². The van der Waals surface area contributed by atoms with Crippen molar-refractivity contribution >= 4 is 29.9 Å². The predicted octanol–water partition coefficient (Wildman–Crippen LogP) is 2.03. The Morgan fingerprint density at radius 3 is 2.90 bits per heavy atom. The highest BCUT2D eigenvalue weighted by atomic mass is 127. The number of aliphatic hydroxyl groups excluding tert-OH is 1. The van der Waals surface area contributed by atoms with E-state index in [4.69, 9.17) is 4.42 Å². The summed E-state index contributed by atoms with van der Waals surface area (Å²) >= 11 is 0. The molecule has 0 aromatic carbocycles. The van der Waals surface area contributed by atoms with E-state index in [0.717, 1.165) is 44.1 Å². The summed E-state index contributed by atoms with van der Waals surface area (Å²) in [6, 6.07) is 3.85. The van der Waals surface area contributed by atoms with Crippen LogP contribution in [0.3, 0.4) is 0 Å². The number of furan rings is 1. The van der Waals surface area contributed by atoms with Gasteiger partial charge in [0.1, 0.15) is 5.76 Å². The minimum Gasteiger partial charge on any atom is -0.469 e. The van der Waals surface area contributed by atoms with Crippen LogP contribution in [0.25, 0.3) is 0 Å². The highest BCUT2D eigenvalue weighted by Crippen LogP contribution is 2.10. The summed E-state index contributed by atoms with van der Waals surface area (Å²) in [6.07, 6.45) is 5.72. The number of rotatable bonds is 5. The van der Waals surface area contributed by atoms with Crippen molar-refractivity contribution in [3.63, 3.8) is 0 Å². The Hall–Kier alpha value is -1.02. The fourth-order valence-electron chi connectivity index (χ4n) is 2.24. The molecule has 0 amide bonds. The number of hydrogen-bond donors (Lipinski definition) is 2. The van der Waals surface area contributed by atoms with Crippen LogP contribution in [-0.2, 0) is 6.42 Å². The molecule has 0 unspecified atom stereocenters. The van der Waals surface area contributed by atoms with Gasteiger partial charge in [-0.3, -0.25) is 4.99 Å². The van der Waals surface area contributed by atoms with E-state index >= 15 is 0 Å². The third-order valence-corrected chi connectivity index (χ3v) is 3.37. The highest BCUT2D eigenvalue weighted by Gasteiger charge is 2.19. The molecule has 1 aromatic rings. The normalized spacial score (nSPS) is 16.4. The van der Waals surface area contributed by atoms with Crippen molar-refractivity contribution < 1.29 is 9.52 Å². The first kappa shape index (κ1) is 18.0. The Morgan fingerprint density at radius 1 is 1.52 bits per heavy atom. The first-order chi connectivity index (χ1) is 9.79. The molecule has 0 atom stereocenters. The Labute approximate surface area is 143 Å². The summed E-state index contributed by atoms with van der Waals surface area (Å²) in [5.74, 6) is 1.84. The van der Waals surface area contributed by atoms with Gasteiger partial charge < -0.3 is 19.7 Å². The van der Waals surface area contributed by atoms with Gasteiger partial charge in [0.05, 0.1) is 12.4 Å². The molecule has 0 radical (unpaired) electrons. The lowest BCUT2D eigenvalue weighted by molar-refractivity contribution is 0.108. The van der Waals surface area contributed by atoms with E-state index < -0.39 is 0 Å². The number of nitrogens with zero attached hydrogens (tertiary/aromatic N) is 2. The maximum Gasteiger partial charge on any atom is 0.194 e. The summed E-state index contributed by atoms with van der Waals surface area (Å²) in [6.45, 7) is 6.78. The lowest BCUT2D eigenvalue weighted by Gasteiger charge is -2.32. The van der Waals surface area contributed by atoms with Gasteiger partial charge in [-0.2, -0.15) is 0 Å². The van der Waals surface area contributed by atoms with Crippen LogP contribution < -0.4 is 5.32 Å². The van der Waals surface area contributed by atoms with Gasteiger partial charge in [-0.1, -0.05) is 6.08 Å². The molecule has 2 rings (SSSR count). The van der Waals surface area contributed by atoms with E-state index in [1.54, 1.807) is 6.26 Å². The predicted molar refractivity (Wildman–Crippen MR) is 95.1 cm³/mol. The van der Waals surface area contributed by atoms with Crippen LogP contribution in [0.4, 0.5) is 0 Å². The highest BCUT2D eigenvalue weighted by molar-refractivity contribution is 14.0. The fraction of sp³-hybridized carbons (Fsp3) is 0.533. The number of aliphatic hydroxyl groups is 1. The first-order valence-electron chi connectivity index (χ1n) is 7.14. The number of piperidine rings is 1. The van der Waals surface area contributed by atoms with Crippen molar-refractivity contribution in [1.82, 2.24) is 10.2 Å². The van der Waals surface area contributed by atoms with Crippen molar-refractivity contribution in [2.45, 2.75) is 25.4 Å². The molecule has 0 aliphatic carbocycles. The maximum absolute atomic E-state index is 9.57. The van der Waals surface area contributed by atoms with Crippen LogP contribution in [0.15, 0.2) is 40.5 Å². The third kappa shape index (κ3) is 6.09. The molecule has 1 aliphatic heterocycles. The monoisotopic (exact) mass is 405 g/mol. The van der Waals surface area contributed by atoms with Gasteiger partial charge in [0, 0.05) is 32.6 Å². The molecule has 6 heteroatoms. The van der Waals surface area contributed by atoms with Crippen LogP contribution >= 0.6 is 24.0 Å². The molecule has 0 spiro atoms. The standard InChI is InChI=1S/C15H23N3O2.HI/c1-2-8-16-15(18-10-6-13(19)7-11-18)17-9-5-14-4-3-12-20-14;/h2-4,12-13,19H,1,5-11H2,(H,16,17);1H. The SMILES string of the molecule is C=CCNC(=NCCc1ccco1)N1CCC(O)CC1.I. The number of guanidine groups is 1. The Kier molecular flexibility index (Phi) is 8.44. The number of aliphatic imine (C=N–C) groups is 1. The van der Waals surface area contributed by atoms with Crippen LogP contribution in [0.5, 0.6) is 0 Å². The minimum absolute atomic E-state index is 0. The lowest BCUT2D eigenvalue weighted by atomic mass is 10.1. The topological polar surface area (TPSA) is 61.0 Å². The number of hydrogen-bond acceptors (Lipinski definition) is 3. The number of likely N-dealkylation sites (tertiary alicyclic amines) is 1. The van der Waals surface area contributed by atoms with Crippen molar-refractivity contribution in [1.29, 1.82) is 0 Å². The van der Waals surface area contributed by atoms with Gasteiger partial charge in [-0.15, -0.1) is 30.6 Å². The van der Waals surface area contributed by atoms with Crippen molar-refractivity contribution in [2.75, 3.05) is 26.2 Å². The molecule has 1 fully saturated rings. The van der Waals surface area contributed by atoms with Gasteiger partial charge in [-0.05, 0) is 25.0 Å². The summed E-state index contributed by atoms with van der Waals surface area (Å²) in [5, 5.41) is 12.9. The van der Waals surface area contributed by atoms with Gasteiger partial charge in [0.15, 0.2) is 5.96 Å². The largest absolute Gasteiger partial charge is 0.469 e. The zero-order valence-electron chi connectivity index (χ0n) is 12.2. The quantitative estimate of drug-likeness (QED) is 0.341. The first-order valence-corrected chi connectivity index (χ1v) is 7.14.